The number of benzene rings is 1. The molecule has 1 fully saturated rings. The minimum atomic E-state index is -4.75. The molecule has 0 unspecified atom stereocenters. The highest BCUT2D eigenvalue weighted by Crippen LogP contribution is 2.32. The molecule has 0 spiro atoms. The molecule has 1 aliphatic rings. The third kappa shape index (κ3) is 3.84. The lowest BCUT2D eigenvalue weighted by Crippen LogP contribution is -2.31. The summed E-state index contributed by atoms with van der Waals surface area (Å²) in [6.45, 7) is -0.139. The van der Waals surface area contributed by atoms with Crippen molar-refractivity contribution in [1.82, 2.24) is 5.32 Å². The second-order valence-corrected chi connectivity index (χ2v) is 4.39. The van der Waals surface area contributed by atoms with Gasteiger partial charge in [0.25, 0.3) is 0 Å². The van der Waals surface area contributed by atoms with E-state index in [0.717, 1.165) is 25.0 Å². The summed E-state index contributed by atoms with van der Waals surface area (Å²) in [7, 11) is 0. The molecule has 7 heteroatoms. The molecule has 0 aliphatic heterocycles. The molecule has 1 aliphatic carbocycles. The Balaban J connectivity index is 1.98. The fourth-order valence-corrected chi connectivity index (χ4v) is 1.54. The number of hydrogen-bond donors (Lipinski definition) is 2. The number of carbonyl (C=O) groups excluding carboxylic acids is 1. The van der Waals surface area contributed by atoms with Gasteiger partial charge in [0.05, 0.1) is 12.1 Å². The van der Waals surface area contributed by atoms with Crippen molar-refractivity contribution in [3.05, 3.63) is 29.6 Å². The summed E-state index contributed by atoms with van der Waals surface area (Å²) in [5.74, 6) is -1.62. The first-order chi connectivity index (χ1) is 8.86. The van der Waals surface area contributed by atoms with Crippen LogP contribution in [0.15, 0.2) is 18.2 Å². The maximum absolute atomic E-state index is 13.0. The third-order valence-electron chi connectivity index (χ3n) is 2.67. The number of alkyl halides is 3. The van der Waals surface area contributed by atoms with Crippen LogP contribution in [0.3, 0.4) is 0 Å². The summed E-state index contributed by atoms with van der Waals surface area (Å²) in [5.41, 5.74) is -1.29. The first-order valence-corrected chi connectivity index (χ1v) is 5.76. The third-order valence-corrected chi connectivity index (χ3v) is 2.67. The van der Waals surface area contributed by atoms with E-state index in [-0.39, 0.29) is 24.2 Å². The summed E-state index contributed by atoms with van der Waals surface area (Å²) < 4.78 is 50.4. The molecule has 1 aromatic carbocycles. The molecule has 0 aromatic heterocycles. The SMILES string of the molecule is O=C(CNc1ccc(F)c(C(F)(F)F)c1)NC1CC1. The summed E-state index contributed by atoms with van der Waals surface area (Å²) in [6, 6.07) is 2.73. The van der Waals surface area contributed by atoms with E-state index in [2.05, 4.69) is 10.6 Å². The predicted molar refractivity (Wildman–Crippen MR) is 61.1 cm³/mol. The standard InChI is InChI=1S/C12H12F4N2O/c13-10-4-3-8(5-9(10)12(14,15)16)17-6-11(19)18-7-1-2-7/h3-5,7,17H,1-2,6H2,(H,18,19). The van der Waals surface area contributed by atoms with Gasteiger partial charge in [-0.2, -0.15) is 13.2 Å². The minimum absolute atomic E-state index is 0.0553. The molecule has 1 saturated carbocycles. The van der Waals surface area contributed by atoms with E-state index >= 15 is 0 Å². The number of amides is 1. The number of hydrogen-bond acceptors (Lipinski definition) is 2. The summed E-state index contributed by atoms with van der Waals surface area (Å²) in [6.07, 6.45) is -2.89. The number of rotatable bonds is 4. The minimum Gasteiger partial charge on any atom is -0.376 e. The van der Waals surface area contributed by atoms with Crippen LogP contribution in [-0.4, -0.2) is 18.5 Å². The van der Waals surface area contributed by atoms with E-state index in [1.807, 2.05) is 0 Å². The Morgan fingerprint density at radius 2 is 2.00 bits per heavy atom. The van der Waals surface area contributed by atoms with Crippen molar-refractivity contribution in [1.29, 1.82) is 0 Å². The van der Waals surface area contributed by atoms with Gasteiger partial charge in [-0.15, -0.1) is 0 Å². The Morgan fingerprint density at radius 3 is 2.58 bits per heavy atom. The predicted octanol–water partition coefficient (Wildman–Crippen LogP) is 2.54. The van der Waals surface area contributed by atoms with Crippen LogP contribution in [0.4, 0.5) is 23.2 Å². The van der Waals surface area contributed by atoms with Crippen LogP contribution in [0.1, 0.15) is 18.4 Å². The van der Waals surface area contributed by atoms with Gasteiger partial charge in [-0.25, -0.2) is 4.39 Å². The normalized spacial score (nSPS) is 15.2. The highest BCUT2D eigenvalue weighted by Gasteiger charge is 2.34. The van der Waals surface area contributed by atoms with Gasteiger partial charge >= 0.3 is 6.18 Å². The topological polar surface area (TPSA) is 41.1 Å². The largest absolute Gasteiger partial charge is 0.419 e. The lowest BCUT2D eigenvalue weighted by atomic mass is 10.2. The van der Waals surface area contributed by atoms with Crippen LogP contribution < -0.4 is 10.6 Å². The molecule has 1 amide bonds. The molecule has 19 heavy (non-hydrogen) atoms. The van der Waals surface area contributed by atoms with Crippen LogP contribution in [-0.2, 0) is 11.0 Å². The molecule has 2 N–H and O–H groups in total. The van der Waals surface area contributed by atoms with Crippen molar-refractivity contribution in [2.45, 2.75) is 25.1 Å². The maximum Gasteiger partial charge on any atom is 0.419 e. The van der Waals surface area contributed by atoms with Crippen molar-refractivity contribution in [3.8, 4) is 0 Å². The summed E-state index contributed by atoms with van der Waals surface area (Å²) in [4.78, 5) is 11.3. The van der Waals surface area contributed by atoms with E-state index in [1.165, 1.54) is 0 Å². The Morgan fingerprint density at radius 1 is 1.32 bits per heavy atom. The van der Waals surface area contributed by atoms with E-state index in [0.29, 0.717) is 6.07 Å². The molecule has 0 bridgehead atoms. The number of carbonyl (C=O) groups is 1. The Bertz CT molecular complexity index is 483. The van der Waals surface area contributed by atoms with Crippen molar-refractivity contribution in [3.63, 3.8) is 0 Å². The van der Waals surface area contributed by atoms with Crippen molar-refractivity contribution >= 4 is 11.6 Å². The van der Waals surface area contributed by atoms with Crippen LogP contribution in [0.5, 0.6) is 0 Å². The second kappa shape index (κ2) is 5.07. The second-order valence-electron chi connectivity index (χ2n) is 4.39. The number of nitrogens with one attached hydrogen (secondary N) is 2. The average Bonchev–Trinajstić information content (AvgIpc) is 3.10. The molecule has 0 radical (unpaired) electrons. The van der Waals surface area contributed by atoms with Gasteiger partial charge in [-0.05, 0) is 31.0 Å². The van der Waals surface area contributed by atoms with Crippen LogP contribution in [0.25, 0.3) is 0 Å². The molecule has 1 aromatic rings. The van der Waals surface area contributed by atoms with Crippen LogP contribution in [0.2, 0.25) is 0 Å². The van der Waals surface area contributed by atoms with Gasteiger partial charge < -0.3 is 10.6 Å². The van der Waals surface area contributed by atoms with Gasteiger partial charge in [0, 0.05) is 11.7 Å². The molecular formula is C12H12F4N2O. The first-order valence-electron chi connectivity index (χ1n) is 5.76. The van der Waals surface area contributed by atoms with Gasteiger partial charge in [0.15, 0.2) is 0 Å². The highest BCUT2D eigenvalue weighted by atomic mass is 19.4. The fourth-order valence-electron chi connectivity index (χ4n) is 1.54. The van der Waals surface area contributed by atoms with E-state index in [9.17, 15) is 22.4 Å². The Labute approximate surface area is 107 Å². The van der Waals surface area contributed by atoms with Crippen LogP contribution >= 0.6 is 0 Å². The lowest BCUT2D eigenvalue weighted by Gasteiger charge is -2.11. The molecule has 104 valence electrons. The molecule has 2 rings (SSSR count). The number of anilines is 1. The van der Waals surface area contributed by atoms with Gasteiger partial charge in [0.1, 0.15) is 5.82 Å². The smallest absolute Gasteiger partial charge is 0.376 e. The van der Waals surface area contributed by atoms with Gasteiger partial charge in [-0.1, -0.05) is 0 Å². The zero-order valence-corrected chi connectivity index (χ0v) is 9.85. The first kappa shape index (κ1) is 13.6. The maximum atomic E-state index is 13.0. The van der Waals surface area contributed by atoms with Crippen molar-refractivity contribution in [2.75, 3.05) is 11.9 Å². The van der Waals surface area contributed by atoms with Crippen LogP contribution in [0, 0.1) is 5.82 Å². The fraction of sp³-hybridized carbons (Fsp3) is 0.417. The van der Waals surface area contributed by atoms with Gasteiger partial charge in [0.2, 0.25) is 5.91 Å². The molecule has 0 atom stereocenters. The number of halogens is 4. The van der Waals surface area contributed by atoms with Crippen molar-refractivity contribution in [2.24, 2.45) is 0 Å². The van der Waals surface area contributed by atoms with Crippen molar-refractivity contribution < 1.29 is 22.4 Å². The Hall–Kier alpha value is -1.79. The average molecular weight is 276 g/mol. The molecule has 0 heterocycles. The quantitative estimate of drug-likeness (QED) is 0.830. The summed E-state index contributed by atoms with van der Waals surface area (Å²) in [5, 5.41) is 5.22. The van der Waals surface area contributed by atoms with E-state index in [1.54, 1.807) is 0 Å². The molecule has 0 saturated heterocycles. The lowest BCUT2D eigenvalue weighted by molar-refractivity contribution is -0.139. The zero-order chi connectivity index (χ0) is 14.0. The molecule has 3 nitrogen and oxygen atoms in total. The monoisotopic (exact) mass is 276 g/mol. The summed E-state index contributed by atoms with van der Waals surface area (Å²) >= 11 is 0. The highest BCUT2D eigenvalue weighted by molar-refractivity contribution is 5.81. The zero-order valence-electron chi connectivity index (χ0n) is 9.85. The molecular weight excluding hydrogens is 264 g/mol. The van der Waals surface area contributed by atoms with E-state index < -0.39 is 17.6 Å². The van der Waals surface area contributed by atoms with E-state index in [4.69, 9.17) is 0 Å². The Kier molecular flexibility index (Phi) is 3.64. The van der Waals surface area contributed by atoms with Gasteiger partial charge in [-0.3, -0.25) is 4.79 Å².